The summed E-state index contributed by atoms with van der Waals surface area (Å²) in [5.41, 5.74) is 7.00. The molecule has 0 spiro atoms. The second-order valence-corrected chi connectivity index (χ2v) is 6.64. The molecular weight excluding hydrogens is 346 g/mol. The SMILES string of the molecule is Cn1c(CCC(N)=O)nnc1SCc1cc2ccccc2nc1Cl. The van der Waals surface area contributed by atoms with E-state index in [0.717, 1.165) is 27.4 Å². The second kappa shape index (κ2) is 7.19. The number of aromatic nitrogens is 4. The average Bonchev–Trinajstić information content (AvgIpc) is 2.91. The van der Waals surface area contributed by atoms with Crippen molar-refractivity contribution in [3.63, 3.8) is 0 Å². The number of amides is 1. The molecule has 2 heterocycles. The van der Waals surface area contributed by atoms with Crippen molar-refractivity contribution in [3.8, 4) is 0 Å². The Hall–Kier alpha value is -2.12. The lowest BCUT2D eigenvalue weighted by molar-refractivity contribution is -0.118. The van der Waals surface area contributed by atoms with Crippen LogP contribution >= 0.6 is 23.4 Å². The Morgan fingerprint density at radius 1 is 1.33 bits per heavy atom. The lowest BCUT2D eigenvalue weighted by atomic mass is 10.2. The van der Waals surface area contributed by atoms with Crippen LogP contribution in [0.5, 0.6) is 0 Å². The number of hydrogen-bond donors (Lipinski definition) is 1. The van der Waals surface area contributed by atoms with Crippen LogP contribution in [0.4, 0.5) is 0 Å². The minimum Gasteiger partial charge on any atom is -0.370 e. The van der Waals surface area contributed by atoms with Gasteiger partial charge < -0.3 is 10.3 Å². The molecule has 0 aliphatic carbocycles. The molecule has 0 aliphatic heterocycles. The van der Waals surface area contributed by atoms with Gasteiger partial charge in [-0.05, 0) is 12.1 Å². The standard InChI is InChI=1S/C16H16ClN5OS/c1-22-14(7-6-13(18)23)20-21-16(22)24-9-11-8-10-4-2-3-5-12(10)19-15(11)17/h2-5,8H,6-7,9H2,1H3,(H2,18,23). The molecule has 0 saturated carbocycles. The number of aryl methyl sites for hydroxylation is 1. The van der Waals surface area contributed by atoms with Crippen LogP contribution in [-0.2, 0) is 24.0 Å². The Kier molecular flexibility index (Phi) is 5.01. The van der Waals surface area contributed by atoms with E-state index in [1.807, 2.05) is 41.9 Å². The monoisotopic (exact) mass is 361 g/mol. The van der Waals surface area contributed by atoms with Crippen LogP contribution in [0.25, 0.3) is 10.9 Å². The lowest BCUT2D eigenvalue weighted by Crippen LogP contribution is -2.12. The van der Waals surface area contributed by atoms with Crippen LogP contribution in [0.1, 0.15) is 17.8 Å². The van der Waals surface area contributed by atoms with Crippen LogP contribution in [0, 0.1) is 0 Å². The predicted octanol–water partition coefficient (Wildman–Crippen LogP) is 2.73. The summed E-state index contributed by atoms with van der Waals surface area (Å²) in [6, 6.07) is 9.90. The van der Waals surface area contributed by atoms with Gasteiger partial charge in [-0.1, -0.05) is 41.6 Å². The zero-order valence-electron chi connectivity index (χ0n) is 13.1. The largest absolute Gasteiger partial charge is 0.370 e. The molecule has 24 heavy (non-hydrogen) atoms. The van der Waals surface area contributed by atoms with Gasteiger partial charge in [-0.3, -0.25) is 4.79 Å². The van der Waals surface area contributed by atoms with Crippen molar-refractivity contribution in [2.24, 2.45) is 12.8 Å². The van der Waals surface area contributed by atoms with Crippen LogP contribution in [0.3, 0.4) is 0 Å². The van der Waals surface area contributed by atoms with Crippen molar-refractivity contribution >= 4 is 40.2 Å². The van der Waals surface area contributed by atoms with Gasteiger partial charge in [0.25, 0.3) is 0 Å². The number of carbonyl (C=O) groups excluding carboxylic acids is 1. The van der Waals surface area contributed by atoms with E-state index in [4.69, 9.17) is 17.3 Å². The van der Waals surface area contributed by atoms with Gasteiger partial charge in [0.05, 0.1) is 5.52 Å². The number of primary amides is 1. The van der Waals surface area contributed by atoms with E-state index in [2.05, 4.69) is 15.2 Å². The highest BCUT2D eigenvalue weighted by Gasteiger charge is 2.12. The van der Waals surface area contributed by atoms with Crippen molar-refractivity contribution in [1.82, 2.24) is 19.7 Å². The number of pyridine rings is 1. The van der Waals surface area contributed by atoms with Crippen LogP contribution < -0.4 is 5.73 Å². The molecule has 0 unspecified atom stereocenters. The Morgan fingerprint density at radius 2 is 2.12 bits per heavy atom. The maximum atomic E-state index is 10.9. The molecule has 0 atom stereocenters. The second-order valence-electron chi connectivity index (χ2n) is 5.34. The molecule has 1 aromatic carbocycles. The first-order valence-electron chi connectivity index (χ1n) is 7.38. The maximum absolute atomic E-state index is 10.9. The van der Waals surface area contributed by atoms with E-state index < -0.39 is 0 Å². The third-order valence-corrected chi connectivity index (χ3v) is 5.02. The quantitative estimate of drug-likeness (QED) is 0.538. The first-order valence-corrected chi connectivity index (χ1v) is 8.74. The van der Waals surface area contributed by atoms with Crippen LogP contribution in [0.15, 0.2) is 35.5 Å². The van der Waals surface area contributed by atoms with Gasteiger partial charge in [-0.2, -0.15) is 0 Å². The number of nitrogens with zero attached hydrogens (tertiary/aromatic N) is 4. The number of benzene rings is 1. The zero-order valence-corrected chi connectivity index (χ0v) is 14.6. The number of hydrogen-bond acceptors (Lipinski definition) is 5. The third-order valence-electron chi connectivity index (χ3n) is 3.63. The summed E-state index contributed by atoms with van der Waals surface area (Å²) < 4.78 is 1.87. The highest BCUT2D eigenvalue weighted by atomic mass is 35.5. The number of carbonyl (C=O) groups is 1. The smallest absolute Gasteiger partial charge is 0.217 e. The predicted molar refractivity (Wildman–Crippen MR) is 94.8 cm³/mol. The van der Waals surface area contributed by atoms with Crippen molar-refractivity contribution in [2.75, 3.05) is 0 Å². The Balaban J connectivity index is 1.74. The topological polar surface area (TPSA) is 86.7 Å². The number of halogens is 1. The molecule has 3 aromatic rings. The van der Waals surface area contributed by atoms with Gasteiger partial charge in [0.2, 0.25) is 5.91 Å². The van der Waals surface area contributed by atoms with Gasteiger partial charge in [0.15, 0.2) is 5.16 Å². The lowest BCUT2D eigenvalue weighted by Gasteiger charge is -2.06. The summed E-state index contributed by atoms with van der Waals surface area (Å²) in [4.78, 5) is 15.3. The van der Waals surface area contributed by atoms with Crippen LogP contribution in [-0.4, -0.2) is 25.7 Å². The molecule has 8 heteroatoms. The molecule has 2 N–H and O–H groups in total. The highest BCUT2D eigenvalue weighted by Crippen LogP contribution is 2.27. The van der Waals surface area contributed by atoms with Gasteiger partial charge in [0, 0.05) is 36.6 Å². The summed E-state index contributed by atoms with van der Waals surface area (Å²) in [6.07, 6.45) is 0.745. The molecule has 0 saturated heterocycles. The molecule has 2 aromatic heterocycles. The fraction of sp³-hybridized carbons (Fsp3) is 0.250. The Bertz CT molecular complexity index is 895. The first-order chi connectivity index (χ1) is 11.5. The summed E-state index contributed by atoms with van der Waals surface area (Å²) in [5, 5.41) is 10.6. The Morgan fingerprint density at radius 3 is 2.92 bits per heavy atom. The van der Waals surface area contributed by atoms with Crippen LogP contribution in [0.2, 0.25) is 5.15 Å². The number of para-hydroxylation sites is 1. The molecule has 0 aliphatic rings. The molecule has 0 radical (unpaired) electrons. The number of thioether (sulfide) groups is 1. The highest BCUT2D eigenvalue weighted by molar-refractivity contribution is 7.98. The Labute approximate surface area is 148 Å². The first kappa shape index (κ1) is 16.7. The van der Waals surface area contributed by atoms with Crippen molar-refractivity contribution in [3.05, 3.63) is 46.9 Å². The minimum absolute atomic E-state index is 0.261. The third kappa shape index (κ3) is 3.68. The van der Waals surface area contributed by atoms with Gasteiger partial charge in [-0.15, -0.1) is 10.2 Å². The fourth-order valence-corrected chi connectivity index (χ4v) is 3.50. The molecule has 1 amide bonds. The maximum Gasteiger partial charge on any atom is 0.217 e. The molecule has 0 bridgehead atoms. The van der Waals surface area contributed by atoms with Crippen molar-refractivity contribution in [2.45, 2.75) is 23.8 Å². The van der Waals surface area contributed by atoms with E-state index in [0.29, 0.717) is 17.3 Å². The van der Waals surface area contributed by atoms with Gasteiger partial charge >= 0.3 is 0 Å². The molecular formula is C16H16ClN5OS. The molecule has 3 rings (SSSR count). The van der Waals surface area contributed by atoms with E-state index in [1.54, 1.807) is 0 Å². The van der Waals surface area contributed by atoms with Gasteiger partial charge in [0.1, 0.15) is 11.0 Å². The number of fused-ring (bicyclic) bond motifs is 1. The van der Waals surface area contributed by atoms with Crippen molar-refractivity contribution < 1.29 is 4.79 Å². The fourth-order valence-electron chi connectivity index (χ4n) is 2.30. The van der Waals surface area contributed by atoms with E-state index in [9.17, 15) is 4.79 Å². The summed E-state index contributed by atoms with van der Waals surface area (Å²) in [6.45, 7) is 0. The molecule has 6 nitrogen and oxygen atoms in total. The number of nitrogens with two attached hydrogens (primary N) is 1. The van der Waals surface area contributed by atoms with E-state index in [-0.39, 0.29) is 12.3 Å². The summed E-state index contributed by atoms with van der Waals surface area (Å²) in [7, 11) is 1.87. The van der Waals surface area contributed by atoms with E-state index in [1.165, 1.54) is 11.8 Å². The van der Waals surface area contributed by atoms with E-state index >= 15 is 0 Å². The number of rotatable bonds is 6. The molecule has 124 valence electrons. The summed E-state index contributed by atoms with van der Waals surface area (Å²) in [5.74, 6) is 1.03. The van der Waals surface area contributed by atoms with Crippen molar-refractivity contribution in [1.29, 1.82) is 0 Å². The normalized spacial score (nSPS) is 11.1. The average molecular weight is 362 g/mol. The molecule has 0 fully saturated rings. The summed E-state index contributed by atoms with van der Waals surface area (Å²) >= 11 is 7.81. The van der Waals surface area contributed by atoms with Gasteiger partial charge in [-0.25, -0.2) is 4.98 Å². The zero-order chi connectivity index (χ0) is 17.1. The minimum atomic E-state index is -0.346.